The summed E-state index contributed by atoms with van der Waals surface area (Å²) in [4.78, 5) is 0. The van der Waals surface area contributed by atoms with E-state index in [4.69, 9.17) is 0 Å². The molecule has 7 nitrogen and oxygen atoms in total. The minimum atomic E-state index is -0.506. The van der Waals surface area contributed by atoms with Crippen molar-refractivity contribution in [1.29, 1.82) is 0 Å². The Morgan fingerprint density at radius 1 is 1.15 bits per heavy atom. The molecule has 4 N–H and O–H groups in total. The Morgan fingerprint density at radius 3 is 2.52 bits per heavy atom. The number of alkyl halides is 1. The van der Waals surface area contributed by atoms with Gasteiger partial charge in [0, 0.05) is 34.0 Å². The smallest absolute Gasteiger partial charge is 0.148 e. The molecule has 174 valence electrons. The topological polar surface area (TPSA) is 98.8 Å². The molecule has 3 atom stereocenters. The number of nitrogens with one attached hydrogen (secondary N) is 3. The highest BCUT2D eigenvalue weighted by atomic mass is 19.1. The zero-order chi connectivity index (χ0) is 23.2. The number of rotatable bonds is 6. The lowest BCUT2D eigenvalue weighted by molar-refractivity contribution is 0.148. The molecule has 2 saturated heterocycles. The van der Waals surface area contributed by atoms with Crippen LogP contribution in [0.4, 0.5) is 14.6 Å². The largest absolute Gasteiger partial charge is 0.507 e. The highest BCUT2D eigenvalue weighted by Gasteiger charge is 2.50. The second-order valence-electron chi connectivity index (χ2n) is 9.96. The summed E-state index contributed by atoms with van der Waals surface area (Å²) in [5, 5.41) is 32.2. The summed E-state index contributed by atoms with van der Waals surface area (Å²) in [7, 11) is 0. The Hall–Kier alpha value is -3.07. The molecule has 0 radical (unpaired) electrons. The first-order chi connectivity index (χ1) is 15.8. The number of aromatic amines is 1. The number of fused-ring (bicyclic) bond motifs is 2. The molecule has 0 amide bonds. The molecule has 2 bridgehead atoms. The summed E-state index contributed by atoms with van der Waals surface area (Å²) >= 11 is 0. The Kier molecular flexibility index (Phi) is 5.31. The molecule has 2 aliphatic rings. The van der Waals surface area contributed by atoms with Crippen molar-refractivity contribution in [2.75, 3.05) is 12.0 Å². The van der Waals surface area contributed by atoms with Crippen molar-refractivity contribution >= 4 is 5.82 Å². The maximum Gasteiger partial charge on any atom is 0.148 e. The fourth-order valence-corrected chi connectivity index (χ4v) is 5.64. The molecule has 2 aliphatic heterocycles. The molecular weight excluding hydrogens is 426 g/mol. The van der Waals surface area contributed by atoms with Crippen LogP contribution in [-0.4, -0.2) is 49.3 Å². The zero-order valence-corrected chi connectivity index (χ0v) is 18.7. The molecule has 5 rings (SSSR count). The van der Waals surface area contributed by atoms with Gasteiger partial charge in [-0.2, -0.15) is 5.10 Å². The molecule has 0 spiro atoms. The number of aromatic hydroxyl groups is 1. The van der Waals surface area contributed by atoms with E-state index in [9.17, 15) is 13.9 Å². The first-order valence-corrected chi connectivity index (χ1v) is 11.3. The van der Waals surface area contributed by atoms with Crippen LogP contribution in [-0.2, 0) is 0 Å². The fraction of sp³-hybridized carbons (Fsp3) is 0.458. The normalized spacial score (nSPS) is 27.5. The van der Waals surface area contributed by atoms with Crippen LogP contribution in [0.15, 0.2) is 36.7 Å². The Morgan fingerprint density at radius 2 is 1.91 bits per heavy atom. The Balaban J connectivity index is 1.33. The van der Waals surface area contributed by atoms with Gasteiger partial charge in [0.2, 0.25) is 0 Å². The number of phenols is 1. The third-order valence-corrected chi connectivity index (χ3v) is 7.16. The van der Waals surface area contributed by atoms with Crippen LogP contribution in [0.2, 0.25) is 0 Å². The molecule has 3 unspecified atom stereocenters. The van der Waals surface area contributed by atoms with Gasteiger partial charge in [-0.1, -0.05) is 0 Å². The van der Waals surface area contributed by atoms with Crippen LogP contribution in [0.1, 0.15) is 39.5 Å². The second kappa shape index (κ2) is 8.06. The number of piperidine rings is 1. The van der Waals surface area contributed by atoms with Gasteiger partial charge in [-0.15, -0.1) is 10.2 Å². The van der Waals surface area contributed by atoms with Gasteiger partial charge in [0.05, 0.1) is 17.9 Å². The van der Waals surface area contributed by atoms with E-state index in [0.717, 1.165) is 25.7 Å². The van der Waals surface area contributed by atoms with E-state index in [0.29, 0.717) is 17.1 Å². The van der Waals surface area contributed by atoms with Crippen LogP contribution in [0.25, 0.3) is 22.4 Å². The maximum atomic E-state index is 14.7. The summed E-state index contributed by atoms with van der Waals surface area (Å²) < 4.78 is 28.7. The van der Waals surface area contributed by atoms with E-state index in [1.54, 1.807) is 18.3 Å². The Bertz CT molecular complexity index is 1120. The van der Waals surface area contributed by atoms with Gasteiger partial charge in [-0.3, -0.25) is 5.10 Å². The average molecular weight is 455 g/mol. The van der Waals surface area contributed by atoms with Crippen molar-refractivity contribution < 1.29 is 13.9 Å². The predicted octanol–water partition coefficient (Wildman–Crippen LogP) is 4.44. The quantitative estimate of drug-likeness (QED) is 0.440. The Labute approximate surface area is 191 Å². The molecule has 9 heteroatoms. The third-order valence-electron chi connectivity index (χ3n) is 7.16. The first-order valence-electron chi connectivity index (χ1n) is 11.3. The third kappa shape index (κ3) is 4.17. The highest BCUT2D eigenvalue weighted by molar-refractivity contribution is 5.74. The van der Waals surface area contributed by atoms with Crippen molar-refractivity contribution in [3.63, 3.8) is 0 Å². The minimum absolute atomic E-state index is 0.0481. The minimum Gasteiger partial charge on any atom is -0.507 e. The number of hydrogen-bond acceptors (Lipinski definition) is 6. The number of benzene rings is 1. The van der Waals surface area contributed by atoms with Gasteiger partial charge < -0.3 is 15.7 Å². The molecular formula is C24H28F2N6O. The van der Waals surface area contributed by atoms with Crippen LogP contribution >= 0.6 is 0 Å². The van der Waals surface area contributed by atoms with E-state index >= 15 is 0 Å². The highest BCUT2D eigenvalue weighted by Crippen LogP contribution is 2.46. The SMILES string of the molecule is CC12CCC(C)(CC(C(CF)Nc3ccc(-c4cc(F)c(-c5cn[nH]c5)cc4O)nn3)C1)N2. The van der Waals surface area contributed by atoms with Gasteiger partial charge in [-0.05, 0) is 69.7 Å². The van der Waals surface area contributed by atoms with Gasteiger partial charge in [0.25, 0.3) is 0 Å². The van der Waals surface area contributed by atoms with Crippen molar-refractivity contribution in [2.45, 2.75) is 56.7 Å². The van der Waals surface area contributed by atoms with Gasteiger partial charge >= 0.3 is 0 Å². The van der Waals surface area contributed by atoms with E-state index in [2.05, 4.69) is 44.9 Å². The van der Waals surface area contributed by atoms with Gasteiger partial charge in [0.15, 0.2) is 0 Å². The molecule has 2 aromatic heterocycles. The lowest BCUT2D eigenvalue weighted by Gasteiger charge is -2.44. The number of hydrogen-bond donors (Lipinski definition) is 4. The molecule has 33 heavy (non-hydrogen) atoms. The van der Waals surface area contributed by atoms with Crippen LogP contribution in [0, 0.1) is 11.7 Å². The summed E-state index contributed by atoms with van der Waals surface area (Å²) in [6, 6.07) is 5.54. The summed E-state index contributed by atoms with van der Waals surface area (Å²) in [5.41, 5.74) is 1.43. The van der Waals surface area contributed by atoms with Crippen LogP contribution < -0.4 is 10.6 Å². The average Bonchev–Trinajstić information content (AvgIpc) is 3.39. The molecule has 0 saturated carbocycles. The maximum absolute atomic E-state index is 14.7. The number of nitrogens with zero attached hydrogens (tertiary/aromatic N) is 3. The first kappa shape index (κ1) is 21.8. The van der Waals surface area contributed by atoms with Crippen molar-refractivity contribution in [3.8, 4) is 28.1 Å². The van der Waals surface area contributed by atoms with Crippen LogP contribution in [0.5, 0.6) is 5.75 Å². The molecule has 3 aromatic rings. The summed E-state index contributed by atoms with van der Waals surface area (Å²) in [6.45, 7) is 3.94. The second-order valence-corrected chi connectivity index (χ2v) is 9.96. The molecule has 1 aromatic carbocycles. The predicted molar refractivity (Wildman–Crippen MR) is 122 cm³/mol. The van der Waals surface area contributed by atoms with Crippen molar-refractivity contribution in [2.24, 2.45) is 5.92 Å². The van der Waals surface area contributed by atoms with Gasteiger partial charge in [0.1, 0.15) is 24.1 Å². The van der Waals surface area contributed by atoms with Crippen molar-refractivity contribution in [3.05, 3.63) is 42.5 Å². The van der Waals surface area contributed by atoms with E-state index < -0.39 is 12.5 Å². The number of anilines is 1. The fourth-order valence-electron chi connectivity index (χ4n) is 5.64. The summed E-state index contributed by atoms with van der Waals surface area (Å²) in [5.74, 6) is 0.0190. The van der Waals surface area contributed by atoms with Crippen LogP contribution in [0.3, 0.4) is 0 Å². The lowest BCUT2D eigenvalue weighted by atomic mass is 9.77. The number of aromatic nitrogens is 4. The van der Waals surface area contributed by atoms with E-state index in [-0.39, 0.29) is 39.9 Å². The molecule has 4 heterocycles. The van der Waals surface area contributed by atoms with E-state index in [1.165, 1.54) is 18.3 Å². The van der Waals surface area contributed by atoms with Gasteiger partial charge in [-0.25, -0.2) is 8.78 Å². The standard InChI is InChI=1S/C24H28F2N6O/c1-23-5-6-24(2,32-23)10-14(9-23)20(11-25)29-22-4-3-19(30-31-22)17-7-18(26)16(8-21(17)33)15-12-27-28-13-15/h3-4,7-8,12-14,20,32-33H,5-6,9-11H2,1-2H3,(H,27,28)(H,29,31). The number of H-pyrrole nitrogens is 1. The number of halogens is 2. The molecule has 0 aliphatic carbocycles. The van der Waals surface area contributed by atoms with E-state index in [1.807, 2.05) is 0 Å². The number of phenolic OH excluding ortho intramolecular Hbond substituents is 1. The zero-order valence-electron chi connectivity index (χ0n) is 18.7. The molecule has 2 fully saturated rings. The monoisotopic (exact) mass is 454 g/mol. The van der Waals surface area contributed by atoms with Crippen molar-refractivity contribution in [1.82, 2.24) is 25.7 Å². The summed E-state index contributed by atoms with van der Waals surface area (Å²) in [6.07, 6.45) is 7.05. The lowest BCUT2D eigenvalue weighted by Crippen LogP contribution is -2.56.